The van der Waals surface area contributed by atoms with E-state index in [9.17, 15) is 8.42 Å². The molecular weight excluding hydrogens is 236 g/mol. The number of sulfone groups is 1. The Balaban J connectivity index is 2.25. The molecule has 0 saturated heterocycles. The molecular formula is C8H7N2O3S2. The van der Waals surface area contributed by atoms with Gasteiger partial charge in [0.2, 0.25) is 0 Å². The van der Waals surface area contributed by atoms with Crippen molar-refractivity contribution in [1.82, 2.24) is 10.1 Å². The molecule has 0 saturated carbocycles. The first-order valence-corrected chi connectivity index (χ1v) is 6.67. The molecule has 5 nitrogen and oxygen atoms in total. The molecule has 2 rings (SSSR count). The van der Waals surface area contributed by atoms with Crippen molar-refractivity contribution in [3.8, 4) is 10.8 Å². The van der Waals surface area contributed by atoms with E-state index in [1.165, 1.54) is 11.3 Å². The highest BCUT2D eigenvalue weighted by molar-refractivity contribution is 7.91. The normalized spacial score (nSPS) is 11.8. The lowest BCUT2D eigenvalue weighted by atomic mass is 10.5. The van der Waals surface area contributed by atoms with E-state index in [4.69, 9.17) is 4.52 Å². The van der Waals surface area contributed by atoms with Gasteiger partial charge in [0, 0.05) is 0 Å². The highest BCUT2D eigenvalue weighted by atomic mass is 32.2. The Morgan fingerprint density at radius 1 is 1.53 bits per heavy atom. The Kier molecular flexibility index (Phi) is 2.57. The lowest BCUT2D eigenvalue weighted by Gasteiger charge is -1.88. The third kappa shape index (κ3) is 2.63. The molecule has 2 heterocycles. The van der Waals surface area contributed by atoms with Gasteiger partial charge in [-0.1, -0.05) is 11.2 Å². The molecule has 0 N–H and O–H groups in total. The fourth-order valence-corrected chi connectivity index (χ4v) is 2.16. The summed E-state index contributed by atoms with van der Waals surface area (Å²) in [6.07, 6.45) is 2.99. The lowest BCUT2D eigenvalue weighted by Crippen LogP contribution is -1.99. The SMILES string of the molecule is [CH2]S(=O)(=O)Cc1noc(-c2cccs2)n1. The van der Waals surface area contributed by atoms with Gasteiger partial charge < -0.3 is 4.52 Å². The second-order valence-corrected chi connectivity index (χ2v) is 5.60. The molecule has 0 atom stereocenters. The van der Waals surface area contributed by atoms with Crippen LogP contribution >= 0.6 is 11.3 Å². The highest BCUT2D eigenvalue weighted by Gasteiger charge is 2.13. The highest BCUT2D eigenvalue weighted by Crippen LogP contribution is 2.22. The van der Waals surface area contributed by atoms with E-state index in [2.05, 4.69) is 16.4 Å². The molecule has 0 aliphatic carbocycles. The number of rotatable bonds is 3. The number of thiophene rings is 1. The van der Waals surface area contributed by atoms with E-state index < -0.39 is 9.84 Å². The first kappa shape index (κ1) is 10.3. The van der Waals surface area contributed by atoms with Crippen LogP contribution in [0.1, 0.15) is 5.82 Å². The van der Waals surface area contributed by atoms with Gasteiger partial charge in [-0.25, -0.2) is 8.42 Å². The predicted octanol–water partition coefficient (Wildman–Crippen LogP) is 1.50. The quantitative estimate of drug-likeness (QED) is 0.816. The zero-order valence-electron chi connectivity index (χ0n) is 7.58. The van der Waals surface area contributed by atoms with E-state index in [1.54, 1.807) is 0 Å². The monoisotopic (exact) mass is 243 g/mol. The van der Waals surface area contributed by atoms with Crippen molar-refractivity contribution >= 4 is 21.2 Å². The Hall–Kier alpha value is -1.21. The average molecular weight is 243 g/mol. The summed E-state index contributed by atoms with van der Waals surface area (Å²) in [5.74, 6) is 0.166. The molecule has 2 aromatic rings. The van der Waals surface area contributed by atoms with E-state index >= 15 is 0 Å². The zero-order valence-corrected chi connectivity index (χ0v) is 9.21. The van der Waals surface area contributed by atoms with Gasteiger partial charge in [0.05, 0.1) is 11.1 Å². The van der Waals surface area contributed by atoms with Crippen LogP contribution in [0.15, 0.2) is 22.0 Å². The molecule has 0 amide bonds. The molecule has 79 valence electrons. The largest absolute Gasteiger partial charge is 0.333 e. The van der Waals surface area contributed by atoms with E-state index in [0.29, 0.717) is 5.89 Å². The first-order chi connectivity index (χ1) is 7.04. The van der Waals surface area contributed by atoms with Crippen molar-refractivity contribution in [2.75, 3.05) is 0 Å². The van der Waals surface area contributed by atoms with Crippen LogP contribution < -0.4 is 0 Å². The number of hydrogen-bond acceptors (Lipinski definition) is 6. The van der Waals surface area contributed by atoms with Crippen LogP contribution in [0.2, 0.25) is 0 Å². The predicted molar refractivity (Wildman–Crippen MR) is 55.6 cm³/mol. The van der Waals surface area contributed by atoms with Crippen molar-refractivity contribution < 1.29 is 12.9 Å². The van der Waals surface area contributed by atoms with Gasteiger partial charge in [-0.15, -0.1) is 11.3 Å². The molecule has 0 aliphatic rings. The Morgan fingerprint density at radius 3 is 2.93 bits per heavy atom. The fraction of sp³-hybridized carbons (Fsp3) is 0.125. The average Bonchev–Trinajstić information content (AvgIpc) is 2.68. The van der Waals surface area contributed by atoms with Gasteiger partial charge in [0.25, 0.3) is 5.89 Å². The summed E-state index contributed by atoms with van der Waals surface area (Å²) in [5.41, 5.74) is 0. The van der Waals surface area contributed by atoms with Crippen LogP contribution in [0.3, 0.4) is 0 Å². The van der Waals surface area contributed by atoms with Gasteiger partial charge in [-0.2, -0.15) is 4.98 Å². The molecule has 15 heavy (non-hydrogen) atoms. The van der Waals surface area contributed by atoms with Crippen LogP contribution in [0, 0.1) is 6.26 Å². The molecule has 7 heteroatoms. The fourth-order valence-electron chi connectivity index (χ4n) is 1.01. The van der Waals surface area contributed by atoms with Crippen LogP contribution in [0.25, 0.3) is 10.8 Å². The summed E-state index contributed by atoms with van der Waals surface area (Å²) >= 11 is 1.45. The van der Waals surface area contributed by atoms with Gasteiger partial charge in [-0.3, -0.25) is 0 Å². The maximum absolute atomic E-state index is 10.9. The van der Waals surface area contributed by atoms with Crippen LogP contribution in [0.5, 0.6) is 0 Å². The summed E-state index contributed by atoms with van der Waals surface area (Å²) < 4.78 is 26.6. The second kappa shape index (κ2) is 3.74. The standard InChI is InChI=1S/C8H7N2O3S2/c1-15(11,12)5-7-9-8(13-10-7)6-3-2-4-14-6/h2-4H,1,5H2. The van der Waals surface area contributed by atoms with Gasteiger partial charge >= 0.3 is 0 Å². The molecule has 0 spiro atoms. The summed E-state index contributed by atoms with van der Waals surface area (Å²) in [4.78, 5) is 4.77. The van der Waals surface area contributed by atoms with Gasteiger partial charge in [0.1, 0.15) is 5.75 Å². The lowest BCUT2D eigenvalue weighted by molar-refractivity contribution is 0.425. The molecule has 0 unspecified atom stereocenters. The minimum Gasteiger partial charge on any atom is -0.333 e. The second-order valence-electron chi connectivity index (χ2n) is 2.88. The third-order valence-electron chi connectivity index (χ3n) is 1.55. The molecule has 2 aromatic heterocycles. The summed E-state index contributed by atoms with van der Waals surface area (Å²) in [7, 11) is -3.36. The van der Waals surface area contributed by atoms with Crippen molar-refractivity contribution in [3.05, 3.63) is 29.6 Å². The van der Waals surface area contributed by atoms with Crippen LogP contribution in [0.4, 0.5) is 0 Å². The Bertz CT molecular complexity index is 542. The Morgan fingerprint density at radius 2 is 2.33 bits per heavy atom. The van der Waals surface area contributed by atoms with Crippen LogP contribution in [-0.4, -0.2) is 18.6 Å². The maximum atomic E-state index is 10.9. The summed E-state index contributed by atoms with van der Waals surface area (Å²) in [5, 5.41) is 5.43. The molecule has 0 bridgehead atoms. The van der Waals surface area contributed by atoms with Crippen molar-refractivity contribution in [2.45, 2.75) is 5.75 Å². The van der Waals surface area contributed by atoms with Crippen LogP contribution in [-0.2, 0) is 15.6 Å². The van der Waals surface area contributed by atoms with Crippen molar-refractivity contribution in [1.29, 1.82) is 0 Å². The topological polar surface area (TPSA) is 73.1 Å². The molecule has 1 radical (unpaired) electrons. The molecule has 0 aliphatic heterocycles. The van der Waals surface area contributed by atoms with Crippen molar-refractivity contribution in [3.63, 3.8) is 0 Å². The number of hydrogen-bond donors (Lipinski definition) is 0. The number of aromatic nitrogens is 2. The first-order valence-electron chi connectivity index (χ1n) is 3.97. The van der Waals surface area contributed by atoms with E-state index in [-0.39, 0.29) is 11.6 Å². The Labute approximate surface area is 90.7 Å². The summed E-state index contributed by atoms with van der Waals surface area (Å²) in [6, 6.07) is 3.67. The van der Waals surface area contributed by atoms with Gasteiger partial charge in [-0.05, 0) is 11.4 Å². The number of nitrogens with zero attached hydrogens (tertiary/aromatic N) is 2. The minimum absolute atomic E-state index is 0.133. The van der Waals surface area contributed by atoms with Crippen molar-refractivity contribution in [2.24, 2.45) is 0 Å². The summed E-state index contributed by atoms with van der Waals surface area (Å²) in [6.45, 7) is 0. The smallest absolute Gasteiger partial charge is 0.268 e. The zero-order chi connectivity index (χ0) is 10.9. The minimum atomic E-state index is -3.36. The molecule has 0 fully saturated rings. The maximum Gasteiger partial charge on any atom is 0.268 e. The van der Waals surface area contributed by atoms with E-state index in [0.717, 1.165) is 4.88 Å². The molecule has 0 aromatic carbocycles. The van der Waals surface area contributed by atoms with E-state index in [1.807, 2.05) is 17.5 Å². The third-order valence-corrected chi connectivity index (χ3v) is 3.10. The van der Waals surface area contributed by atoms with Gasteiger partial charge in [0.15, 0.2) is 15.7 Å².